The van der Waals surface area contributed by atoms with Gasteiger partial charge in [-0.25, -0.2) is 4.79 Å². The molecule has 1 fully saturated rings. The summed E-state index contributed by atoms with van der Waals surface area (Å²) in [4.78, 5) is 25.1. The highest BCUT2D eigenvalue weighted by Gasteiger charge is 2.29. The molecule has 1 rings (SSSR count). The maximum atomic E-state index is 11.0. The van der Waals surface area contributed by atoms with E-state index >= 15 is 0 Å². The number of amides is 2. The van der Waals surface area contributed by atoms with Crippen molar-refractivity contribution < 1.29 is 14.7 Å². The lowest BCUT2D eigenvalue weighted by Gasteiger charge is -2.39. The molecule has 5 heteroatoms. The Morgan fingerprint density at radius 1 is 1.24 bits per heavy atom. The third-order valence-corrected chi connectivity index (χ3v) is 3.66. The average Bonchev–Trinajstić information content (AvgIpc) is 2.29. The summed E-state index contributed by atoms with van der Waals surface area (Å²) in [6.45, 7) is 4.01. The molecule has 1 saturated carbocycles. The van der Waals surface area contributed by atoms with Crippen LogP contribution in [-0.4, -0.2) is 52.6 Å². The maximum absolute atomic E-state index is 11.0. The molecule has 0 unspecified atom stereocenters. The number of carbonyl (C=O) groups excluding carboxylic acids is 1. The zero-order valence-electron chi connectivity index (χ0n) is 10.8. The molecule has 0 aliphatic heterocycles. The van der Waals surface area contributed by atoms with Gasteiger partial charge in [0, 0.05) is 25.2 Å². The number of hydrogen-bond acceptors (Lipinski definition) is 2. The number of rotatable bonds is 4. The lowest BCUT2D eigenvalue weighted by Crippen LogP contribution is -2.46. The molecule has 0 saturated heterocycles. The summed E-state index contributed by atoms with van der Waals surface area (Å²) in [5.41, 5.74) is 0. The van der Waals surface area contributed by atoms with Gasteiger partial charge in [-0.05, 0) is 39.5 Å². The van der Waals surface area contributed by atoms with Crippen LogP contribution in [0.4, 0.5) is 4.79 Å². The van der Waals surface area contributed by atoms with Crippen LogP contribution in [0.3, 0.4) is 0 Å². The van der Waals surface area contributed by atoms with E-state index in [-0.39, 0.29) is 18.1 Å². The van der Waals surface area contributed by atoms with Crippen LogP contribution >= 0.6 is 0 Å². The molecule has 1 aliphatic rings. The highest BCUT2D eigenvalue weighted by molar-refractivity contribution is 5.64. The minimum atomic E-state index is -0.871. The topological polar surface area (TPSA) is 60.9 Å². The van der Waals surface area contributed by atoms with Crippen molar-refractivity contribution in [2.75, 3.05) is 7.05 Å². The lowest BCUT2D eigenvalue weighted by atomic mass is 9.89. The van der Waals surface area contributed by atoms with Crippen molar-refractivity contribution in [2.45, 2.75) is 57.7 Å². The normalized spacial score (nSPS) is 24.5. The van der Waals surface area contributed by atoms with Crippen molar-refractivity contribution in [1.29, 1.82) is 0 Å². The Morgan fingerprint density at radius 2 is 1.71 bits per heavy atom. The van der Waals surface area contributed by atoms with Crippen LogP contribution in [0.5, 0.6) is 0 Å². The minimum Gasteiger partial charge on any atom is -0.465 e. The Morgan fingerprint density at radius 3 is 2.06 bits per heavy atom. The molecule has 1 N–H and O–H groups in total. The Bertz CT molecular complexity index is 273. The second-order valence-corrected chi connectivity index (χ2v) is 5.00. The molecule has 1 aliphatic carbocycles. The van der Waals surface area contributed by atoms with Gasteiger partial charge in [0.25, 0.3) is 0 Å². The fourth-order valence-corrected chi connectivity index (χ4v) is 2.53. The summed E-state index contributed by atoms with van der Waals surface area (Å²) in [7, 11) is 1.62. The molecule has 0 aromatic carbocycles. The standard InChI is InChI=1S/C12H22N2O3/c1-9(2)14(8-15)11-6-4-10(5-7-11)13(3)12(16)17/h8-11H,4-7H2,1-3H3,(H,16,17). The molecule has 0 heterocycles. The van der Waals surface area contributed by atoms with Crippen LogP contribution in [0.15, 0.2) is 0 Å². The number of carbonyl (C=O) groups is 2. The molecule has 2 amide bonds. The van der Waals surface area contributed by atoms with E-state index in [2.05, 4.69) is 0 Å². The highest BCUT2D eigenvalue weighted by Crippen LogP contribution is 2.26. The van der Waals surface area contributed by atoms with Crippen molar-refractivity contribution in [3.05, 3.63) is 0 Å². The molecule has 98 valence electrons. The number of carboxylic acid groups (broad SMARTS) is 1. The van der Waals surface area contributed by atoms with Gasteiger partial charge in [0.05, 0.1) is 0 Å². The zero-order valence-corrected chi connectivity index (χ0v) is 10.8. The van der Waals surface area contributed by atoms with Gasteiger partial charge in [0.15, 0.2) is 0 Å². The van der Waals surface area contributed by atoms with Crippen LogP contribution in [0.1, 0.15) is 39.5 Å². The van der Waals surface area contributed by atoms with E-state index in [4.69, 9.17) is 5.11 Å². The molecule has 0 bridgehead atoms. The van der Waals surface area contributed by atoms with Gasteiger partial charge in [-0.2, -0.15) is 0 Å². The fraction of sp³-hybridized carbons (Fsp3) is 0.833. The van der Waals surface area contributed by atoms with Gasteiger partial charge in [0.2, 0.25) is 6.41 Å². The molecular formula is C12H22N2O3. The van der Waals surface area contributed by atoms with Crippen LogP contribution < -0.4 is 0 Å². The molecular weight excluding hydrogens is 220 g/mol. The van der Waals surface area contributed by atoms with Crippen molar-refractivity contribution >= 4 is 12.5 Å². The smallest absolute Gasteiger partial charge is 0.407 e. The highest BCUT2D eigenvalue weighted by atomic mass is 16.4. The number of hydrogen-bond donors (Lipinski definition) is 1. The van der Waals surface area contributed by atoms with Gasteiger partial charge < -0.3 is 14.9 Å². The Labute approximate surface area is 102 Å². The van der Waals surface area contributed by atoms with Gasteiger partial charge in [0.1, 0.15) is 0 Å². The Balaban J connectivity index is 2.50. The van der Waals surface area contributed by atoms with Gasteiger partial charge in [-0.15, -0.1) is 0 Å². The van der Waals surface area contributed by atoms with E-state index in [1.54, 1.807) is 7.05 Å². The Hall–Kier alpha value is -1.26. The van der Waals surface area contributed by atoms with Gasteiger partial charge in [-0.1, -0.05) is 0 Å². The molecule has 0 radical (unpaired) electrons. The fourth-order valence-electron chi connectivity index (χ4n) is 2.53. The van der Waals surface area contributed by atoms with Crippen LogP contribution in [-0.2, 0) is 4.79 Å². The van der Waals surface area contributed by atoms with E-state index in [1.165, 1.54) is 4.90 Å². The van der Waals surface area contributed by atoms with Crippen molar-refractivity contribution in [3.8, 4) is 0 Å². The van der Waals surface area contributed by atoms with Crippen molar-refractivity contribution in [1.82, 2.24) is 9.80 Å². The lowest BCUT2D eigenvalue weighted by molar-refractivity contribution is -0.122. The average molecular weight is 242 g/mol. The Kier molecular flexibility index (Phi) is 4.78. The molecule has 0 aromatic rings. The predicted octanol–water partition coefficient (Wildman–Crippen LogP) is 1.77. The van der Waals surface area contributed by atoms with Crippen molar-refractivity contribution in [2.24, 2.45) is 0 Å². The first-order valence-corrected chi connectivity index (χ1v) is 6.15. The second kappa shape index (κ2) is 5.89. The molecule has 0 spiro atoms. The maximum Gasteiger partial charge on any atom is 0.407 e. The minimum absolute atomic E-state index is 0.101. The van der Waals surface area contributed by atoms with Crippen LogP contribution in [0, 0.1) is 0 Å². The summed E-state index contributed by atoms with van der Waals surface area (Å²) >= 11 is 0. The van der Waals surface area contributed by atoms with E-state index in [9.17, 15) is 9.59 Å². The van der Waals surface area contributed by atoms with E-state index in [0.29, 0.717) is 0 Å². The SMILES string of the molecule is CC(C)N(C=O)C1CCC(N(C)C(=O)O)CC1. The van der Waals surface area contributed by atoms with Gasteiger partial charge >= 0.3 is 6.09 Å². The van der Waals surface area contributed by atoms with Crippen LogP contribution in [0.2, 0.25) is 0 Å². The molecule has 0 aromatic heterocycles. The first kappa shape index (κ1) is 13.8. The summed E-state index contributed by atoms with van der Waals surface area (Å²) in [6, 6.07) is 0.585. The summed E-state index contributed by atoms with van der Waals surface area (Å²) in [5.74, 6) is 0. The first-order valence-electron chi connectivity index (χ1n) is 6.15. The summed E-state index contributed by atoms with van der Waals surface area (Å²) in [6.07, 6.45) is 3.49. The molecule has 5 nitrogen and oxygen atoms in total. The summed E-state index contributed by atoms with van der Waals surface area (Å²) in [5, 5.41) is 8.90. The quantitative estimate of drug-likeness (QED) is 0.764. The molecule has 17 heavy (non-hydrogen) atoms. The van der Waals surface area contributed by atoms with Crippen molar-refractivity contribution in [3.63, 3.8) is 0 Å². The largest absolute Gasteiger partial charge is 0.465 e. The monoisotopic (exact) mass is 242 g/mol. The first-order chi connectivity index (χ1) is 7.97. The van der Waals surface area contributed by atoms with Crippen LogP contribution in [0.25, 0.3) is 0 Å². The van der Waals surface area contributed by atoms with E-state index < -0.39 is 6.09 Å². The van der Waals surface area contributed by atoms with E-state index in [0.717, 1.165) is 32.1 Å². The molecule has 0 atom stereocenters. The van der Waals surface area contributed by atoms with Gasteiger partial charge in [-0.3, -0.25) is 4.79 Å². The second-order valence-electron chi connectivity index (χ2n) is 5.00. The van der Waals surface area contributed by atoms with E-state index in [1.807, 2.05) is 18.7 Å². The third kappa shape index (κ3) is 3.35. The number of nitrogens with zero attached hydrogens (tertiary/aromatic N) is 2. The third-order valence-electron chi connectivity index (χ3n) is 3.66. The predicted molar refractivity (Wildman–Crippen MR) is 64.9 cm³/mol. The zero-order chi connectivity index (χ0) is 13.0. The summed E-state index contributed by atoms with van der Waals surface area (Å²) < 4.78 is 0.